The lowest BCUT2D eigenvalue weighted by Crippen LogP contribution is -2.37. The maximum Gasteiger partial charge on any atom is 0.333 e. The van der Waals surface area contributed by atoms with Crippen LogP contribution in [0.3, 0.4) is 0 Å². The maximum atomic E-state index is 14.3. The van der Waals surface area contributed by atoms with E-state index in [1.54, 1.807) is 36.5 Å². The van der Waals surface area contributed by atoms with Gasteiger partial charge in [-0.15, -0.1) is 5.10 Å². The Kier molecular flexibility index (Phi) is 5.39. The van der Waals surface area contributed by atoms with Crippen molar-refractivity contribution in [2.75, 3.05) is 13.2 Å². The number of ether oxygens (including phenoxy) is 2. The van der Waals surface area contributed by atoms with Crippen LogP contribution in [0.15, 0.2) is 76.6 Å². The van der Waals surface area contributed by atoms with Crippen LogP contribution in [0.25, 0.3) is 44.4 Å². The molecule has 3 aromatic carbocycles. The van der Waals surface area contributed by atoms with Crippen molar-refractivity contribution in [3.63, 3.8) is 0 Å². The number of fused-ring (bicyclic) bond motifs is 3. The van der Waals surface area contributed by atoms with Gasteiger partial charge in [0.25, 0.3) is 5.56 Å². The lowest BCUT2D eigenvalue weighted by Gasteiger charge is -2.18. The van der Waals surface area contributed by atoms with Crippen LogP contribution in [0.5, 0.6) is 11.5 Å². The zero-order valence-electron chi connectivity index (χ0n) is 19.9. The highest BCUT2D eigenvalue weighted by molar-refractivity contribution is 6.42. The fourth-order valence-electron chi connectivity index (χ4n) is 4.70. The molecule has 4 heterocycles. The summed E-state index contributed by atoms with van der Waals surface area (Å²) in [4.78, 5) is 35.0. The molecule has 0 saturated heterocycles. The Hall–Kier alpha value is -4.67. The number of rotatable bonds is 3. The van der Waals surface area contributed by atoms with Gasteiger partial charge in [-0.05, 0) is 12.1 Å². The standard InChI is InChI=1S/C27H16Cl2N6O4/c28-17-6-5-14(9-18(17)29)24-25(35-20-11-23-22(38-7-8-39-23)10-19(20)32-33-35)26(36)34(27(37)31-24)21-13-30-12-15-3-1-2-4-16(15)21/h1-6,9-13H,7-8H2,(H,31,37). The number of aromatic nitrogens is 6. The van der Waals surface area contributed by atoms with E-state index < -0.39 is 11.2 Å². The number of nitrogens with one attached hydrogen (secondary N) is 1. The molecule has 0 saturated carbocycles. The monoisotopic (exact) mass is 558 g/mol. The zero-order valence-corrected chi connectivity index (χ0v) is 21.4. The van der Waals surface area contributed by atoms with Crippen molar-refractivity contribution in [3.05, 3.63) is 97.9 Å². The fourth-order valence-corrected chi connectivity index (χ4v) is 5.00. The molecular weight excluding hydrogens is 543 g/mol. The number of hydrogen-bond acceptors (Lipinski definition) is 7. The SMILES string of the molecule is O=c1[nH]c(-c2ccc(Cl)c(Cl)c2)c(-n2nnc3cc4c(cc32)OCCO4)c(=O)n1-c1cncc2ccccc12. The second-order valence-corrected chi connectivity index (χ2v) is 9.60. The van der Waals surface area contributed by atoms with Crippen LogP contribution < -0.4 is 20.7 Å². The molecule has 39 heavy (non-hydrogen) atoms. The molecule has 1 N–H and O–H groups in total. The van der Waals surface area contributed by atoms with Crippen LogP contribution in [-0.4, -0.2) is 42.7 Å². The zero-order chi connectivity index (χ0) is 26.7. The van der Waals surface area contributed by atoms with Gasteiger partial charge in [-0.2, -0.15) is 0 Å². The van der Waals surface area contributed by atoms with Gasteiger partial charge in [-0.1, -0.05) is 58.7 Å². The summed E-state index contributed by atoms with van der Waals surface area (Å²) < 4.78 is 13.8. The average Bonchev–Trinajstić information content (AvgIpc) is 3.35. The molecule has 1 aliphatic heterocycles. The van der Waals surface area contributed by atoms with E-state index in [0.29, 0.717) is 57.4 Å². The Labute approximate surface area is 229 Å². The number of aromatic amines is 1. The summed E-state index contributed by atoms with van der Waals surface area (Å²) in [5.74, 6) is 1.03. The molecule has 1 aliphatic rings. The van der Waals surface area contributed by atoms with E-state index in [-0.39, 0.29) is 16.4 Å². The van der Waals surface area contributed by atoms with E-state index in [1.165, 1.54) is 10.9 Å². The molecule has 6 aromatic rings. The molecule has 0 aliphatic carbocycles. The molecule has 7 rings (SSSR count). The Morgan fingerprint density at radius 3 is 2.51 bits per heavy atom. The van der Waals surface area contributed by atoms with E-state index in [4.69, 9.17) is 32.7 Å². The molecule has 3 aromatic heterocycles. The number of nitrogens with zero attached hydrogens (tertiary/aromatic N) is 5. The second kappa shape index (κ2) is 8.97. The van der Waals surface area contributed by atoms with Crippen LogP contribution >= 0.6 is 23.2 Å². The van der Waals surface area contributed by atoms with Gasteiger partial charge < -0.3 is 14.5 Å². The minimum atomic E-state index is -0.665. The summed E-state index contributed by atoms with van der Waals surface area (Å²) in [5.41, 5.74) is 0.657. The third kappa shape index (κ3) is 3.76. The van der Waals surface area contributed by atoms with Gasteiger partial charge in [0.15, 0.2) is 17.2 Å². The lowest BCUT2D eigenvalue weighted by molar-refractivity contribution is 0.172. The second-order valence-electron chi connectivity index (χ2n) is 8.79. The van der Waals surface area contributed by atoms with Crippen LogP contribution in [0, 0.1) is 0 Å². The quantitative estimate of drug-likeness (QED) is 0.338. The van der Waals surface area contributed by atoms with Gasteiger partial charge in [0.05, 0.1) is 33.1 Å². The highest BCUT2D eigenvalue weighted by Crippen LogP contribution is 2.35. The van der Waals surface area contributed by atoms with Crippen LogP contribution in [0.2, 0.25) is 10.0 Å². The summed E-state index contributed by atoms with van der Waals surface area (Å²) in [5, 5.41) is 10.6. The minimum Gasteiger partial charge on any atom is -0.486 e. The first-order valence-corrected chi connectivity index (χ1v) is 12.6. The number of H-pyrrole nitrogens is 1. The molecule has 0 spiro atoms. The number of benzene rings is 3. The summed E-state index contributed by atoms with van der Waals surface area (Å²) in [6.07, 6.45) is 3.14. The van der Waals surface area contributed by atoms with Gasteiger partial charge >= 0.3 is 5.69 Å². The number of hydrogen-bond donors (Lipinski definition) is 1. The average molecular weight is 559 g/mol. The van der Waals surface area contributed by atoms with Crippen molar-refractivity contribution >= 4 is 45.0 Å². The van der Waals surface area contributed by atoms with Gasteiger partial charge in [-0.25, -0.2) is 14.0 Å². The summed E-state index contributed by atoms with van der Waals surface area (Å²) in [7, 11) is 0. The van der Waals surface area contributed by atoms with Crippen molar-refractivity contribution in [1.29, 1.82) is 0 Å². The topological polar surface area (TPSA) is 117 Å². The van der Waals surface area contributed by atoms with E-state index in [1.807, 2.05) is 24.3 Å². The largest absolute Gasteiger partial charge is 0.486 e. The highest BCUT2D eigenvalue weighted by Gasteiger charge is 2.24. The first-order chi connectivity index (χ1) is 19.0. The fraction of sp³-hybridized carbons (Fsp3) is 0.0741. The van der Waals surface area contributed by atoms with E-state index in [0.717, 1.165) is 9.95 Å². The molecule has 0 bridgehead atoms. The van der Waals surface area contributed by atoms with Crippen molar-refractivity contribution < 1.29 is 9.47 Å². The van der Waals surface area contributed by atoms with E-state index in [2.05, 4.69) is 20.3 Å². The lowest BCUT2D eigenvalue weighted by atomic mass is 10.1. The summed E-state index contributed by atoms with van der Waals surface area (Å²) in [6, 6.07) is 15.6. The van der Waals surface area contributed by atoms with Crippen molar-refractivity contribution in [2.45, 2.75) is 0 Å². The van der Waals surface area contributed by atoms with Gasteiger partial charge in [0.2, 0.25) is 0 Å². The van der Waals surface area contributed by atoms with Crippen LogP contribution in [-0.2, 0) is 0 Å². The van der Waals surface area contributed by atoms with Crippen molar-refractivity contribution in [2.24, 2.45) is 0 Å². The predicted molar refractivity (Wildman–Crippen MR) is 147 cm³/mol. The molecule has 0 atom stereocenters. The molecule has 0 amide bonds. The van der Waals surface area contributed by atoms with Crippen molar-refractivity contribution in [3.8, 4) is 34.1 Å². The van der Waals surface area contributed by atoms with Gasteiger partial charge in [0, 0.05) is 34.7 Å². The smallest absolute Gasteiger partial charge is 0.333 e. The molecule has 12 heteroatoms. The maximum absolute atomic E-state index is 14.3. The van der Waals surface area contributed by atoms with Gasteiger partial charge in [0.1, 0.15) is 18.7 Å². The molecule has 0 radical (unpaired) electrons. The summed E-state index contributed by atoms with van der Waals surface area (Å²) in [6.45, 7) is 0.798. The number of halogens is 2. The first-order valence-electron chi connectivity index (χ1n) is 11.8. The highest BCUT2D eigenvalue weighted by atomic mass is 35.5. The Morgan fingerprint density at radius 1 is 0.897 bits per heavy atom. The van der Waals surface area contributed by atoms with Crippen LogP contribution in [0.1, 0.15) is 0 Å². The Morgan fingerprint density at radius 2 is 1.69 bits per heavy atom. The first kappa shape index (κ1) is 23.4. The third-order valence-electron chi connectivity index (χ3n) is 6.50. The molecular formula is C27H16Cl2N6O4. The van der Waals surface area contributed by atoms with Gasteiger partial charge in [-0.3, -0.25) is 9.78 Å². The molecule has 10 nitrogen and oxygen atoms in total. The molecule has 0 fully saturated rings. The Bertz CT molecular complexity index is 2060. The number of pyridine rings is 1. The summed E-state index contributed by atoms with van der Waals surface area (Å²) >= 11 is 12.5. The molecule has 192 valence electrons. The van der Waals surface area contributed by atoms with E-state index in [9.17, 15) is 9.59 Å². The molecule has 0 unspecified atom stereocenters. The Balaban J connectivity index is 1.58. The van der Waals surface area contributed by atoms with Crippen LogP contribution in [0.4, 0.5) is 0 Å². The minimum absolute atomic E-state index is 0.0418. The third-order valence-corrected chi connectivity index (χ3v) is 7.23. The van der Waals surface area contributed by atoms with E-state index >= 15 is 0 Å². The predicted octanol–water partition coefficient (Wildman–Crippen LogP) is 4.55. The normalized spacial score (nSPS) is 12.8. The van der Waals surface area contributed by atoms with Crippen molar-refractivity contribution in [1.82, 2.24) is 29.5 Å².